The van der Waals surface area contributed by atoms with Crippen molar-refractivity contribution in [3.8, 4) is 0 Å². The van der Waals surface area contributed by atoms with Gasteiger partial charge in [-0.3, -0.25) is 4.79 Å². The van der Waals surface area contributed by atoms with Crippen LogP contribution in [-0.2, 0) is 4.79 Å². The van der Waals surface area contributed by atoms with Crippen molar-refractivity contribution in [3.63, 3.8) is 0 Å². The molecular formula is C12H13ClN2O3S. The predicted molar refractivity (Wildman–Crippen MR) is 72.6 cm³/mol. The fraction of sp³-hybridized carbons (Fsp3) is 0.500. The van der Waals surface area contributed by atoms with Crippen LogP contribution in [0.3, 0.4) is 0 Å². The van der Waals surface area contributed by atoms with Crippen LogP contribution in [0.2, 0.25) is 5.02 Å². The summed E-state index contributed by atoms with van der Waals surface area (Å²) in [5.74, 6) is -0.326. The molecule has 0 radical (unpaired) electrons. The van der Waals surface area contributed by atoms with Crippen LogP contribution in [0.25, 0.3) is 0 Å². The second kappa shape index (κ2) is 4.76. The van der Waals surface area contributed by atoms with Crippen LogP contribution in [0.4, 0.5) is 0 Å². The van der Waals surface area contributed by atoms with Gasteiger partial charge in [0.1, 0.15) is 11.7 Å². The normalized spacial score (nSPS) is 22.8. The lowest BCUT2D eigenvalue weighted by Crippen LogP contribution is -2.42. The molecule has 1 aliphatic carbocycles. The quantitative estimate of drug-likeness (QED) is 0.928. The average molecular weight is 301 g/mol. The van der Waals surface area contributed by atoms with Gasteiger partial charge in [-0.25, -0.2) is 4.79 Å². The van der Waals surface area contributed by atoms with Crippen LogP contribution < -0.4 is 0 Å². The van der Waals surface area contributed by atoms with Crippen molar-refractivity contribution >= 4 is 35.2 Å². The van der Waals surface area contributed by atoms with E-state index in [1.165, 1.54) is 16.7 Å². The summed E-state index contributed by atoms with van der Waals surface area (Å²) in [5, 5.41) is 9.66. The number of nitrogens with zero attached hydrogens (tertiary/aromatic N) is 2. The molecule has 1 atom stereocenters. The van der Waals surface area contributed by atoms with Gasteiger partial charge in [0.2, 0.25) is 0 Å². The lowest BCUT2D eigenvalue weighted by atomic mass is 10.2. The summed E-state index contributed by atoms with van der Waals surface area (Å²) in [6, 6.07) is 1.23. The van der Waals surface area contributed by atoms with E-state index in [9.17, 15) is 9.59 Å². The maximum Gasteiger partial charge on any atom is 0.327 e. The number of carbonyl (C=O) groups excluding carboxylic acids is 1. The summed E-state index contributed by atoms with van der Waals surface area (Å²) in [7, 11) is 0. The SMILES string of the molecule is O=C(O)[C@@H]1CSCN1C(=O)c1cc(Cl)cn1C1CC1. The van der Waals surface area contributed by atoms with E-state index in [1.807, 2.05) is 4.57 Å². The Bertz CT molecular complexity index is 541. The fourth-order valence-electron chi connectivity index (χ4n) is 2.27. The smallest absolute Gasteiger partial charge is 0.327 e. The highest BCUT2D eigenvalue weighted by Gasteiger charge is 2.37. The van der Waals surface area contributed by atoms with Crippen LogP contribution in [-0.4, -0.2) is 44.1 Å². The van der Waals surface area contributed by atoms with Gasteiger partial charge in [-0.1, -0.05) is 11.6 Å². The fourth-order valence-corrected chi connectivity index (χ4v) is 3.62. The number of carbonyl (C=O) groups is 2. The Kier molecular flexibility index (Phi) is 3.22. The van der Waals surface area contributed by atoms with Crippen molar-refractivity contribution in [1.29, 1.82) is 0 Å². The highest BCUT2D eigenvalue weighted by molar-refractivity contribution is 7.99. The van der Waals surface area contributed by atoms with Crippen LogP contribution in [0.5, 0.6) is 0 Å². The van der Waals surface area contributed by atoms with E-state index in [2.05, 4.69) is 0 Å². The van der Waals surface area contributed by atoms with Gasteiger partial charge in [-0.15, -0.1) is 11.8 Å². The second-order valence-electron chi connectivity index (χ2n) is 4.81. The molecule has 0 aromatic carbocycles. The van der Waals surface area contributed by atoms with E-state index < -0.39 is 12.0 Å². The number of amides is 1. The Morgan fingerprint density at radius 2 is 2.16 bits per heavy atom. The van der Waals surface area contributed by atoms with Crippen molar-refractivity contribution < 1.29 is 14.7 Å². The van der Waals surface area contributed by atoms with Crippen molar-refractivity contribution in [2.45, 2.75) is 24.9 Å². The second-order valence-corrected chi connectivity index (χ2v) is 6.25. The highest BCUT2D eigenvalue weighted by Crippen LogP contribution is 2.38. The molecule has 1 N–H and O–H groups in total. The highest BCUT2D eigenvalue weighted by atomic mass is 35.5. The number of aliphatic carboxylic acids is 1. The van der Waals surface area contributed by atoms with Gasteiger partial charge >= 0.3 is 5.97 Å². The van der Waals surface area contributed by atoms with E-state index >= 15 is 0 Å². The molecule has 1 aliphatic heterocycles. The molecule has 1 aromatic heterocycles. The minimum atomic E-state index is -0.950. The Morgan fingerprint density at radius 3 is 2.79 bits per heavy atom. The zero-order chi connectivity index (χ0) is 13.6. The van der Waals surface area contributed by atoms with Gasteiger partial charge in [-0.2, -0.15) is 0 Å². The molecule has 1 aromatic rings. The molecule has 5 nitrogen and oxygen atoms in total. The van der Waals surface area contributed by atoms with E-state index in [0.717, 1.165) is 12.8 Å². The maximum absolute atomic E-state index is 12.5. The zero-order valence-electron chi connectivity index (χ0n) is 10.1. The van der Waals surface area contributed by atoms with E-state index in [-0.39, 0.29) is 5.91 Å². The van der Waals surface area contributed by atoms with Crippen molar-refractivity contribution in [1.82, 2.24) is 9.47 Å². The van der Waals surface area contributed by atoms with Gasteiger partial charge in [0.15, 0.2) is 0 Å². The topological polar surface area (TPSA) is 62.5 Å². The minimum Gasteiger partial charge on any atom is -0.480 e. The standard InChI is InChI=1S/C12H13ClN2O3S/c13-7-3-9(14(4-7)8-1-2-8)11(16)15-6-19-5-10(15)12(17)18/h3-4,8,10H,1-2,5-6H2,(H,17,18)/t10-/m0/s1. The summed E-state index contributed by atoms with van der Waals surface area (Å²) >= 11 is 7.43. The molecule has 7 heteroatoms. The Hall–Kier alpha value is -1.14. The average Bonchev–Trinajstić information content (AvgIpc) is 2.95. The molecule has 0 bridgehead atoms. The molecule has 102 valence electrons. The first-order valence-corrected chi connectivity index (χ1v) is 7.60. The summed E-state index contributed by atoms with van der Waals surface area (Å²) in [6.45, 7) is 0. The first kappa shape index (κ1) is 12.9. The van der Waals surface area contributed by atoms with Crippen LogP contribution in [0, 0.1) is 0 Å². The maximum atomic E-state index is 12.5. The third-order valence-corrected chi connectivity index (χ3v) is 4.62. The number of thioether (sulfide) groups is 1. The minimum absolute atomic E-state index is 0.240. The number of carboxylic acid groups (broad SMARTS) is 1. The lowest BCUT2D eigenvalue weighted by molar-refractivity contribution is -0.140. The zero-order valence-corrected chi connectivity index (χ0v) is 11.7. The van der Waals surface area contributed by atoms with Gasteiger partial charge < -0.3 is 14.6 Å². The summed E-state index contributed by atoms with van der Waals surface area (Å²) in [4.78, 5) is 25.1. The third-order valence-electron chi connectivity index (χ3n) is 3.40. The molecule has 3 rings (SSSR count). The van der Waals surface area contributed by atoms with E-state index in [4.69, 9.17) is 16.7 Å². The van der Waals surface area contributed by atoms with Crippen molar-refractivity contribution in [2.24, 2.45) is 0 Å². The van der Waals surface area contributed by atoms with Crippen molar-refractivity contribution in [3.05, 3.63) is 23.0 Å². The Balaban J connectivity index is 1.89. The number of rotatable bonds is 3. The van der Waals surface area contributed by atoms with Crippen LogP contribution in [0.15, 0.2) is 12.3 Å². The predicted octanol–water partition coefficient (Wildman–Crippen LogP) is 2.08. The Labute approximate surface area is 119 Å². The first-order chi connectivity index (χ1) is 9.08. The Morgan fingerprint density at radius 1 is 1.42 bits per heavy atom. The molecule has 1 saturated carbocycles. The molecule has 0 unspecified atom stereocenters. The summed E-state index contributed by atoms with van der Waals surface area (Å²) in [5.41, 5.74) is 0.501. The van der Waals surface area contributed by atoms with Gasteiger partial charge in [0.05, 0.1) is 10.9 Å². The number of hydrogen-bond donors (Lipinski definition) is 1. The summed E-state index contributed by atoms with van der Waals surface area (Å²) < 4.78 is 1.88. The van der Waals surface area contributed by atoms with E-state index in [0.29, 0.717) is 28.4 Å². The lowest BCUT2D eigenvalue weighted by Gasteiger charge is -2.21. The number of halogens is 1. The molecule has 19 heavy (non-hydrogen) atoms. The van der Waals surface area contributed by atoms with Crippen LogP contribution >= 0.6 is 23.4 Å². The molecule has 2 aliphatic rings. The largest absolute Gasteiger partial charge is 0.480 e. The van der Waals surface area contributed by atoms with Crippen molar-refractivity contribution in [2.75, 3.05) is 11.6 Å². The monoisotopic (exact) mass is 300 g/mol. The van der Waals surface area contributed by atoms with E-state index in [1.54, 1.807) is 12.3 Å². The number of aromatic nitrogens is 1. The van der Waals surface area contributed by atoms with Gasteiger partial charge in [-0.05, 0) is 18.9 Å². The number of carboxylic acids is 1. The molecule has 2 fully saturated rings. The third kappa shape index (κ3) is 2.34. The van der Waals surface area contributed by atoms with Gasteiger partial charge in [0, 0.05) is 18.0 Å². The molecule has 2 heterocycles. The molecular weight excluding hydrogens is 288 g/mol. The summed E-state index contributed by atoms with van der Waals surface area (Å²) in [6.07, 6.45) is 3.84. The number of hydrogen-bond acceptors (Lipinski definition) is 3. The molecule has 1 saturated heterocycles. The molecule has 1 amide bonds. The molecule has 0 spiro atoms. The van der Waals surface area contributed by atoms with Crippen LogP contribution in [0.1, 0.15) is 29.4 Å². The first-order valence-electron chi connectivity index (χ1n) is 6.07. The van der Waals surface area contributed by atoms with Gasteiger partial charge in [0.25, 0.3) is 5.91 Å².